The Morgan fingerprint density at radius 2 is 1.27 bits per heavy atom. The largest absolute Gasteiger partial charge is 2.00 e. The fourth-order valence-electron chi connectivity index (χ4n) is 3.58. The number of carbonyl (C=O) groups excluding carboxylic acids is 2. The van der Waals surface area contributed by atoms with Crippen LogP contribution in [0.2, 0.25) is 0 Å². The summed E-state index contributed by atoms with van der Waals surface area (Å²) in [6.07, 6.45) is 13.9. The Kier molecular flexibility index (Phi) is 15.9. The molecule has 1 aliphatic heterocycles. The number of carboxylic acid groups (broad SMARTS) is 2. The number of piperidine rings is 1. The summed E-state index contributed by atoms with van der Waals surface area (Å²) in [5.74, 6) is -3.37. The molecule has 0 radical (unpaired) electrons. The van der Waals surface area contributed by atoms with Gasteiger partial charge in [-0.25, -0.2) is 0 Å². The van der Waals surface area contributed by atoms with E-state index in [1.54, 1.807) is 0 Å². The minimum atomic E-state index is -2.09. The van der Waals surface area contributed by atoms with Gasteiger partial charge in [-0.15, -0.1) is 0 Å². The van der Waals surface area contributed by atoms with E-state index in [1.165, 1.54) is 57.8 Å². The van der Waals surface area contributed by atoms with Crippen LogP contribution in [0, 0.1) is 5.41 Å². The minimum Gasteiger partial charge on any atom is -0.549 e. The van der Waals surface area contributed by atoms with E-state index >= 15 is 0 Å². The van der Waals surface area contributed by atoms with Crippen molar-refractivity contribution in [1.29, 1.82) is 0 Å². The molecule has 2 saturated carbocycles. The van der Waals surface area contributed by atoms with Crippen LogP contribution in [0.4, 0.5) is 0 Å². The zero-order valence-electron chi connectivity index (χ0n) is 18.2. The summed E-state index contributed by atoms with van der Waals surface area (Å²) >= 11 is 0. The molecule has 0 aromatic heterocycles. The standard InChI is InChI=1S/C11H19NO5.2C5H11N.Pt/c1-11(9(13)14,10(15)16)7-17-8-12-5-3-2-4-6-12;2*6-5-3-1-2-4-5;/h2-8H2,1H3,(H,13,14)(H,15,16);2*5H,1-4,6H2;/q;;;+2/p-2. The van der Waals surface area contributed by atoms with Gasteiger partial charge in [-0.1, -0.05) is 32.1 Å². The molecule has 0 aromatic rings. The van der Waals surface area contributed by atoms with Crippen LogP contribution >= 0.6 is 0 Å². The fraction of sp³-hybridized carbons (Fsp3) is 0.905. The van der Waals surface area contributed by atoms with Crippen LogP contribution in [0.25, 0.3) is 0 Å². The molecule has 0 amide bonds. The van der Waals surface area contributed by atoms with E-state index < -0.39 is 24.0 Å². The molecule has 0 bridgehead atoms. The van der Waals surface area contributed by atoms with Crippen LogP contribution in [0.5, 0.6) is 0 Å². The number of nitrogens with zero attached hydrogens (tertiary/aromatic N) is 1. The summed E-state index contributed by atoms with van der Waals surface area (Å²) in [6, 6.07) is 1.09. The summed E-state index contributed by atoms with van der Waals surface area (Å²) in [4.78, 5) is 23.5. The number of rotatable bonds is 6. The van der Waals surface area contributed by atoms with Crippen molar-refractivity contribution >= 4 is 11.9 Å². The predicted octanol–water partition coefficient (Wildman–Crippen LogP) is -0.275. The topological polar surface area (TPSA) is 145 Å². The second-order valence-electron chi connectivity index (χ2n) is 8.65. The van der Waals surface area contributed by atoms with Crippen LogP contribution in [0.3, 0.4) is 0 Å². The van der Waals surface area contributed by atoms with Crippen LogP contribution in [0.15, 0.2) is 0 Å². The summed E-state index contributed by atoms with van der Waals surface area (Å²) < 4.78 is 5.15. The molecule has 0 unspecified atom stereocenters. The second kappa shape index (κ2) is 16.2. The van der Waals surface area contributed by atoms with Gasteiger partial charge in [-0.05, 0) is 45.4 Å². The average molecular weight is 609 g/mol. The van der Waals surface area contributed by atoms with Crippen molar-refractivity contribution in [1.82, 2.24) is 4.90 Å². The van der Waals surface area contributed by atoms with Gasteiger partial charge in [0.1, 0.15) is 0 Å². The van der Waals surface area contributed by atoms with Gasteiger partial charge in [0.2, 0.25) is 0 Å². The van der Waals surface area contributed by atoms with E-state index in [9.17, 15) is 19.8 Å². The van der Waals surface area contributed by atoms with Gasteiger partial charge in [0.25, 0.3) is 0 Å². The van der Waals surface area contributed by atoms with Crippen LogP contribution in [0.1, 0.15) is 77.6 Å². The van der Waals surface area contributed by atoms with Gasteiger partial charge in [-0.3, -0.25) is 4.90 Å². The maximum absolute atomic E-state index is 10.7. The van der Waals surface area contributed by atoms with Crippen molar-refractivity contribution in [2.24, 2.45) is 16.9 Å². The maximum Gasteiger partial charge on any atom is 2.00 e. The van der Waals surface area contributed by atoms with Crippen LogP contribution < -0.4 is 21.7 Å². The number of ether oxygens (including phenoxy) is 1. The Balaban J connectivity index is 0.000000524. The summed E-state index contributed by atoms with van der Waals surface area (Å²) in [6.45, 7) is 2.64. The third-order valence-electron chi connectivity index (χ3n) is 5.81. The molecule has 178 valence electrons. The number of carbonyl (C=O) groups is 2. The third kappa shape index (κ3) is 11.8. The number of likely N-dealkylation sites (tertiary alicyclic amines) is 1. The van der Waals surface area contributed by atoms with Gasteiger partial charge in [0, 0.05) is 25.2 Å². The first kappa shape index (κ1) is 29.5. The summed E-state index contributed by atoms with van der Waals surface area (Å²) in [7, 11) is 0. The average Bonchev–Trinajstić information content (AvgIpc) is 3.36. The van der Waals surface area contributed by atoms with Gasteiger partial charge < -0.3 is 36.0 Å². The van der Waals surface area contributed by atoms with Crippen molar-refractivity contribution in [3.05, 3.63) is 0 Å². The third-order valence-corrected chi connectivity index (χ3v) is 5.81. The Labute approximate surface area is 195 Å². The molecular weight excluding hydrogens is 569 g/mol. The van der Waals surface area contributed by atoms with Crippen molar-refractivity contribution in [2.45, 2.75) is 89.6 Å². The maximum atomic E-state index is 10.7. The number of nitrogens with two attached hydrogens (primary N) is 2. The minimum absolute atomic E-state index is 0. The molecule has 3 fully saturated rings. The van der Waals surface area contributed by atoms with Crippen LogP contribution in [-0.2, 0) is 35.4 Å². The monoisotopic (exact) mass is 608 g/mol. The molecule has 4 N–H and O–H groups in total. The number of hydrogen-bond acceptors (Lipinski definition) is 8. The SMILES string of the molecule is CC(COCN1CCCCC1)(C(=O)[O-])C(=O)[O-].NC1CCCC1.NC1CCCC1.[Pt+2]. The molecular formula is C21H39N3O5Pt. The Bertz CT molecular complexity index is 449. The second-order valence-corrected chi connectivity index (χ2v) is 8.65. The van der Waals surface area contributed by atoms with Gasteiger partial charge in [0.15, 0.2) is 0 Å². The van der Waals surface area contributed by atoms with Crippen LogP contribution in [-0.4, -0.2) is 55.3 Å². The van der Waals surface area contributed by atoms with Gasteiger partial charge in [-0.2, -0.15) is 0 Å². The smallest absolute Gasteiger partial charge is 0.549 e. The van der Waals surface area contributed by atoms with Crippen molar-refractivity contribution in [3.8, 4) is 0 Å². The first-order chi connectivity index (χ1) is 13.8. The fourth-order valence-corrected chi connectivity index (χ4v) is 3.58. The molecule has 2 aliphatic carbocycles. The zero-order chi connectivity index (χ0) is 21.7. The molecule has 8 nitrogen and oxygen atoms in total. The van der Waals surface area contributed by atoms with Crippen molar-refractivity contribution < 1.29 is 45.6 Å². The molecule has 0 aromatic carbocycles. The molecule has 1 heterocycles. The molecule has 3 rings (SSSR count). The van der Waals surface area contributed by atoms with E-state index in [2.05, 4.69) is 0 Å². The molecule has 9 heteroatoms. The van der Waals surface area contributed by atoms with Gasteiger partial charge >= 0.3 is 21.1 Å². The zero-order valence-corrected chi connectivity index (χ0v) is 20.5. The van der Waals surface area contributed by atoms with E-state index in [0.29, 0.717) is 12.1 Å². The van der Waals surface area contributed by atoms with E-state index in [1.807, 2.05) is 4.90 Å². The summed E-state index contributed by atoms with van der Waals surface area (Å²) in [5.41, 5.74) is 8.98. The van der Waals surface area contributed by atoms with E-state index in [4.69, 9.17) is 16.2 Å². The molecule has 30 heavy (non-hydrogen) atoms. The summed E-state index contributed by atoms with van der Waals surface area (Å²) in [5, 5.41) is 21.4. The number of aliphatic carboxylic acids is 2. The van der Waals surface area contributed by atoms with Gasteiger partial charge in [0.05, 0.1) is 30.7 Å². The van der Waals surface area contributed by atoms with Crippen molar-refractivity contribution in [2.75, 3.05) is 26.4 Å². The number of carboxylic acids is 2. The Morgan fingerprint density at radius 1 is 0.867 bits per heavy atom. The first-order valence-corrected chi connectivity index (χ1v) is 11.0. The Morgan fingerprint density at radius 3 is 1.57 bits per heavy atom. The molecule has 1 saturated heterocycles. The number of hydrogen-bond donors (Lipinski definition) is 2. The van der Waals surface area contributed by atoms with E-state index in [0.717, 1.165) is 32.9 Å². The molecule has 0 atom stereocenters. The predicted molar refractivity (Wildman–Crippen MR) is 107 cm³/mol. The molecule has 0 spiro atoms. The first-order valence-electron chi connectivity index (χ1n) is 11.0. The normalized spacial score (nSPS) is 20.4. The van der Waals surface area contributed by atoms with Crippen molar-refractivity contribution in [3.63, 3.8) is 0 Å². The van der Waals surface area contributed by atoms with E-state index in [-0.39, 0.29) is 27.8 Å². The molecule has 3 aliphatic rings. The Hall–Kier alpha value is -0.532. The quantitative estimate of drug-likeness (QED) is 0.392.